The van der Waals surface area contributed by atoms with Gasteiger partial charge in [0.2, 0.25) is 0 Å². The van der Waals surface area contributed by atoms with Gasteiger partial charge >= 0.3 is 0 Å². The van der Waals surface area contributed by atoms with Crippen molar-refractivity contribution >= 4 is 27.5 Å². The van der Waals surface area contributed by atoms with E-state index in [0.717, 1.165) is 16.6 Å². The SMILES string of the molecule is CCCCCCCc1ccc(NC(=O)c2cc(Br)ccc2O)cc1. The fourth-order valence-electron chi connectivity index (χ4n) is 2.58. The largest absolute Gasteiger partial charge is 0.507 e. The van der Waals surface area contributed by atoms with Crippen LogP contribution in [0, 0.1) is 0 Å². The molecule has 3 nitrogen and oxygen atoms in total. The van der Waals surface area contributed by atoms with Gasteiger partial charge in [-0.2, -0.15) is 0 Å². The van der Waals surface area contributed by atoms with Gasteiger partial charge in [0.05, 0.1) is 5.56 Å². The molecule has 0 saturated heterocycles. The van der Waals surface area contributed by atoms with Gasteiger partial charge in [-0.15, -0.1) is 0 Å². The van der Waals surface area contributed by atoms with E-state index in [0.29, 0.717) is 0 Å². The number of rotatable bonds is 8. The van der Waals surface area contributed by atoms with Crippen LogP contribution in [0.25, 0.3) is 0 Å². The second-order valence-electron chi connectivity index (χ2n) is 5.98. The predicted octanol–water partition coefficient (Wildman–Crippen LogP) is 5.92. The molecule has 4 heteroatoms. The van der Waals surface area contributed by atoms with Crippen molar-refractivity contribution in [3.63, 3.8) is 0 Å². The molecule has 0 aliphatic carbocycles. The zero-order chi connectivity index (χ0) is 17.4. The first-order valence-corrected chi connectivity index (χ1v) is 9.28. The minimum atomic E-state index is -0.318. The second-order valence-corrected chi connectivity index (χ2v) is 6.89. The third kappa shape index (κ3) is 5.68. The number of hydrogen-bond acceptors (Lipinski definition) is 2. The lowest BCUT2D eigenvalue weighted by Crippen LogP contribution is -2.12. The van der Waals surface area contributed by atoms with Crippen molar-refractivity contribution < 1.29 is 9.90 Å². The van der Waals surface area contributed by atoms with Crippen LogP contribution < -0.4 is 5.32 Å². The molecule has 0 aliphatic rings. The molecule has 2 N–H and O–H groups in total. The Morgan fingerprint density at radius 1 is 1.04 bits per heavy atom. The highest BCUT2D eigenvalue weighted by Crippen LogP contribution is 2.23. The van der Waals surface area contributed by atoms with Crippen molar-refractivity contribution in [3.05, 3.63) is 58.1 Å². The van der Waals surface area contributed by atoms with Crippen LogP contribution >= 0.6 is 15.9 Å². The molecule has 0 aliphatic heterocycles. The van der Waals surface area contributed by atoms with Crippen molar-refractivity contribution in [2.24, 2.45) is 0 Å². The normalized spacial score (nSPS) is 10.6. The van der Waals surface area contributed by atoms with Crippen LogP contribution in [-0.2, 0) is 6.42 Å². The number of carbonyl (C=O) groups excluding carboxylic acids is 1. The molecule has 0 bridgehead atoms. The van der Waals surface area contributed by atoms with E-state index in [4.69, 9.17) is 0 Å². The lowest BCUT2D eigenvalue weighted by molar-refractivity contribution is 0.102. The molecule has 0 unspecified atom stereocenters. The summed E-state index contributed by atoms with van der Waals surface area (Å²) in [6.45, 7) is 2.22. The lowest BCUT2D eigenvalue weighted by Gasteiger charge is -2.08. The summed E-state index contributed by atoms with van der Waals surface area (Å²) in [7, 11) is 0. The molecule has 0 fully saturated rings. The summed E-state index contributed by atoms with van der Waals surface area (Å²) in [6, 6.07) is 12.7. The Morgan fingerprint density at radius 3 is 2.46 bits per heavy atom. The van der Waals surface area contributed by atoms with Gasteiger partial charge in [-0.05, 0) is 48.7 Å². The standard InChI is InChI=1S/C20H24BrNO2/c1-2-3-4-5-6-7-15-8-11-17(12-9-15)22-20(24)18-14-16(21)10-13-19(18)23/h8-14,23H,2-7H2,1H3,(H,22,24). The average molecular weight is 390 g/mol. The highest BCUT2D eigenvalue weighted by atomic mass is 79.9. The molecule has 128 valence electrons. The number of anilines is 1. The molecular formula is C20H24BrNO2. The van der Waals surface area contributed by atoms with Crippen LogP contribution in [0.4, 0.5) is 5.69 Å². The zero-order valence-electron chi connectivity index (χ0n) is 14.0. The van der Waals surface area contributed by atoms with E-state index < -0.39 is 0 Å². The summed E-state index contributed by atoms with van der Waals surface area (Å²) in [4.78, 5) is 12.3. The van der Waals surface area contributed by atoms with E-state index in [-0.39, 0.29) is 17.2 Å². The molecule has 1 amide bonds. The maximum Gasteiger partial charge on any atom is 0.259 e. The molecule has 0 saturated carbocycles. The van der Waals surface area contributed by atoms with Gasteiger partial charge in [0.25, 0.3) is 5.91 Å². The topological polar surface area (TPSA) is 49.3 Å². The van der Waals surface area contributed by atoms with E-state index in [1.54, 1.807) is 12.1 Å². The Bertz CT molecular complexity index is 668. The second kappa shape index (κ2) is 9.48. The molecule has 0 radical (unpaired) electrons. The van der Waals surface area contributed by atoms with E-state index >= 15 is 0 Å². The summed E-state index contributed by atoms with van der Waals surface area (Å²) in [5, 5.41) is 12.6. The van der Waals surface area contributed by atoms with Gasteiger partial charge < -0.3 is 10.4 Å². The van der Waals surface area contributed by atoms with Crippen LogP contribution in [0.3, 0.4) is 0 Å². The summed E-state index contributed by atoms with van der Waals surface area (Å²) in [5.74, 6) is -0.347. The predicted molar refractivity (Wildman–Crippen MR) is 103 cm³/mol. The number of amides is 1. The van der Waals surface area contributed by atoms with E-state index in [1.807, 2.05) is 12.1 Å². The third-order valence-electron chi connectivity index (χ3n) is 3.98. The summed E-state index contributed by atoms with van der Waals surface area (Å²) in [5.41, 5.74) is 2.27. The van der Waals surface area contributed by atoms with Gasteiger partial charge in [-0.1, -0.05) is 60.7 Å². The molecule has 0 spiro atoms. The Morgan fingerprint density at radius 2 is 1.75 bits per heavy atom. The van der Waals surface area contributed by atoms with Crippen molar-refractivity contribution in [1.29, 1.82) is 0 Å². The van der Waals surface area contributed by atoms with Gasteiger partial charge in [0.1, 0.15) is 5.75 Å². The molecular weight excluding hydrogens is 366 g/mol. The maximum absolute atomic E-state index is 12.3. The van der Waals surface area contributed by atoms with E-state index in [2.05, 4.69) is 40.3 Å². The van der Waals surface area contributed by atoms with Crippen LogP contribution in [0.5, 0.6) is 5.75 Å². The fourth-order valence-corrected chi connectivity index (χ4v) is 2.94. The molecule has 0 atom stereocenters. The van der Waals surface area contributed by atoms with Crippen LogP contribution in [0.2, 0.25) is 0 Å². The smallest absolute Gasteiger partial charge is 0.259 e. The Hall–Kier alpha value is -1.81. The Balaban J connectivity index is 1.89. The third-order valence-corrected chi connectivity index (χ3v) is 4.48. The van der Waals surface area contributed by atoms with Crippen molar-refractivity contribution in [1.82, 2.24) is 0 Å². The number of carbonyl (C=O) groups is 1. The molecule has 2 aromatic rings. The number of phenolic OH excluding ortho intramolecular Hbond substituents is 1. The highest BCUT2D eigenvalue weighted by molar-refractivity contribution is 9.10. The average Bonchev–Trinajstić information content (AvgIpc) is 2.58. The van der Waals surface area contributed by atoms with Gasteiger partial charge in [0, 0.05) is 10.2 Å². The number of aromatic hydroxyl groups is 1. The number of halogens is 1. The lowest BCUT2D eigenvalue weighted by atomic mass is 10.1. The molecule has 0 aromatic heterocycles. The number of phenols is 1. The summed E-state index contributed by atoms with van der Waals surface area (Å²) >= 11 is 3.31. The number of unbranched alkanes of at least 4 members (excludes halogenated alkanes) is 4. The quantitative estimate of drug-likeness (QED) is 0.550. The summed E-state index contributed by atoms with van der Waals surface area (Å²) in [6.07, 6.45) is 7.44. The van der Waals surface area contributed by atoms with Crippen LogP contribution in [0.1, 0.15) is 54.9 Å². The van der Waals surface area contributed by atoms with Crippen LogP contribution in [0.15, 0.2) is 46.9 Å². The number of benzene rings is 2. The Kier molecular flexibility index (Phi) is 7.32. The van der Waals surface area contributed by atoms with Crippen molar-refractivity contribution in [2.45, 2.75) is 45.4 Å². The minimum absolute atomic E-state index is 0.0283. The number of aryl methyl sites for hydroxylation is 1. The summed E-state index contributed by atoms with van der Waals surface area (Å²) < 4.78 is 0.754. The Labute approximate surface area is 152 Å². The van der Waals surface area contributed by atoms with Crippen LogP contribution in [-0.4, -0.2) is 11.0 Å². The highest BCUT2D eigenvalue weighted by Gasteiger charge is 2.11. The maximum atomic E-state index is 12.3. The van der Waals surface area contributed by atoms with Gasteiger partial charge in [-0.3, -0.25) is 4.79 Å². The van der Waals surface area contributed by atoms with E-state index in [9.17, 15) is 9.90 Å². The zero-order valence-corrected chi connectivity index (χ0v) is 15.6. The fraction of sp³-hybridized carbons (Fsp3) is 0.350. The number of hydrogen-bond donors (Lipinski definition) is 2. The van der Waals surface area contributed by atoms with Crippen molar-refractivity contribution in [3.8, 4) is 5.75 Å². The monoisotopic (exact) mass is 389 g/mol. The molecule has 0 heterocycles. The molecule has 2 aromatic carbocycles. The number of nitrogens with one attached hydrogen (secondary N) is 1. The minimum Gasteiger partial charge on any atom is -0.507 e. The molecule has 24 heavy (non-hydrogen) atoms. The van der Waals surface area contributed by atoms with Crippen molar-refractivity contribution in [2.75, 3.05) is 5.32 Å². The first kappa shape index (κ1) is 18.5. The first-order valence-electron chi connectivity index (χ1n) is 8.49. The van der Waals surface area contributed by atoms with E-state index in [1.165, 1.54) is 43.7 Å². The van der Waals surface area contributed by atoms with Gasteiger partial charge in [-0.25, -0.2) is 0 Å². The molecule has 2 rings (SSSR count). The van der Waals surface area contributed by atoms with Gasteiger partial charge in [0.15, 0.2) is 0 Å². The first-order chi connectivity index (χ1) is 11.6.